The summed E-state index contributed by atoms with van der Waals surface area (Å²) in [7, 11) is -3.59. The van der Waals surface area contributed by atoms with E-state index in [4.69, 9.17) is 4.18 Å². The summed E-state index contributed by atoms with van der Waals surface area (Å²) in [4.78, 5) is 14.4. The molecule has 7 heteroatoms. The number of halogens is 1. The van der Waals surface area contributed by atoms with Gasteiger partial charge in [0.15, 0.2) is 0 Å². The van der Waals surface area contributed by atoms with Crippen molar-refractivity contribution in [2.45, 2.75) is 26.8 Å². The third-order valence-corrected chi connectivity index (χ3v) is 4.41. The van der Waals surface area contributed by atoms with Crippen LogP contribution in [0.2, 0.25) is 0 Å². The van der Waals surface area contributed by atoms with E-state index in [0.29, 0.717) is 19.0 Å². The number of nitrogens with zero attached hydrogens (tertiary/aromatic N) is 1. The van der Waals surface area contributed by atoms with Crippen molar-refractivity contribution in [3.8, 4) is 5.75 Å². The molecule has 0 saturated carbocycles. The lowest BCUT2D eigenvalue weighted by atomic mass is 10.1. The zero-order chi connectivity index (χ0) is 20.0. The molecule has 0 heterocycles. The highest BCUT2D eigenvalue weighted by Crippen LogP contribution is 2.18. The van der Waals surface area contributed by atoms with Crippen LogP contribution in [0.25, 0.3) is 0 Å². The van der Waals surface area contributed by atoms with Crippen LogP contribution < -0.4 is 4.18 Å². The Kier molecular flexibility index (Phi) is 6.96. The molecule has 0 aliphatic rings. The largest absolute Gasteiger partial charge is 0.383 e. The maximum Gasteiger partial charge on any atom is 0.306 e. The van der Waals surface area contributed by atoms with E-state index in [-0.39, 0.29) is 17.2 Å². The van der Waals surface area contributed by atoms with Gasteiger partial charge in [-0.25, -0.2) is 4.39 Å². The molecule has 2 aromatic carbocycles. The first kappa shape index (κ1) is 20.9. The lowest BCUT2D eigenvalue weighted by molar-refractivity contribution is 0.0730. The van der Waals surface area contributed by atoms with Gasteiger partial charge in [0.1, 0.15) is 11.6 Å². The van der Waals surface area contributed by atoms with Gasteiger partial charge >= 0.3 is 10.1 Å². The number of benzene rings is 2. The van der Waals surface area contributed by atoms with Crippen molar-refractivity contribution in [2.24, 2.45) is 5.92 Å². The lowest BCUT2D eigenvalue weighted by Gasteiger charge is -2.24. The van der Waals surface area contributed by atoms with Crippen LogP contribution in [0.3, 0.4) is 0 Å². The van der Waals surface area contributed by atoms with E-state index >= 15 is 0 Å². The van der Waals surface area contributed by atoms with E-state index in [2.05, 4.69) is 13.8 Å². The van der Waals surface area contributed by atoms with Crippen LogP contribution in [0.4, 0.5) is 4.39 Å². The van der Waals surface area contributed by atoms with Crippen molar-refractivity contribution in [1.29, 1.82) is 0 Å². The average Bonchev–Trinajstić information content (AvgIpc) is 2.58. The molecule has 146 valence electrons. The smallest absolute Gasteiger partial charge is 0.306 e. The minimum atomic E-state index is -3.59. The summed E-state index contributed by atoms with van der Waals surface area (Å²) >= 11 is 0. The first-order chi connectivity index (χ1) is 12.7. The molecule has 0 unspecified atom stereocenters. The molecule has 2 rings (SSSR count). The Hall–Kier alpha value is -2.41. The van der Waals surface area contributed by atoms with Crippen molar-refractivity contribution in [3.63, 3.8) is 0 Å². The second kappa shape index (κ2) is 8.99. The molecule has 0 N–H and O–H groups in total. The third-order valence-electron chi connectivity index (χ3n) is 3.91. The van der Waals surface area contributed by atoms with Crippen LogP contribution in [0, 0.1) is 11.7 Å². The Morgan fingerprint density at radius 2 is 1.74 bits per heavy atom. The Morgan fingerprint density at radius 1 is 1.11 bits per heavy atom. The highest BCUT2D eigenvalue weighted by Gasteiger charge is 2.19. The summed E-state index contributed by atoms with van der Waals surface area (Å²) in [5, 5.41) is 0. The SMILES string of the molecule is CC(C)CCN(Cc1ccc(OS(C)(=O)=O)cc1)C(=O)c1ccccc1F. The van der Waals surface area contributed by atoms with Crippen LogP contribution in [0.5, 0.6) is 5.75 Å². The van der Waals surface area contributed by atoms with Gasteiger partial charge in [0.2, 0.25) is 0 Å². The molecular weight excluding hydrogens is 369 g/mol. The summed E-state index contributed by atoms with van der Waals surface area (Å²) < 4.78 is 41.2. The highest BCUT2D eigenvalue weighted by atomic mass is 32.2. The van der Waals surface area contributed by atoms with Gasteiger partial charge in [0.25, 0.3) is 5.91 Å². The van der Waals surface area contributed by atoms with E-state index in [1.807, 2.05) is 0 Å². The fourth-order valence-corrected chi connectivity index (χ4v) is 2.98. The molecule has 0 aromatic heterocycles. The summed E-state index contributed by atoms with van der Waals surface area (Å²) in [5.41, 5.74) is 0.836. The first-order valence-corrected chi connectivity index (χ1v) is 10.5. The maximum atomic E-state index is 14.0. The summed E-state index contributed by atoms with van der Waals surface area (Å²) in [5.74, 6) is -0.318. The first-order valence-electron chi connectivity index (χ1n) is 8.68. The normalized spacial score (nSPS) is 11.4. The minimum absolute atomic E-state index is 0.0401. The van der Waals surface area contributed by atoms with E-state index in [1.165, 1.54) is 24.3 Å². The summed E-state index contributed by atoms with van der Waals surface area (Å²) in [6.45, 7) is 4.90. The fraction of sp³-hybridized carbons (Fsp3) is 0.350. The monoisotopic (exact) mass is 393 g/mol. The van der Waals surface area contributed by atoms with Gasteiger partial charge in [0.05, 0.1) is 11.8 Å². The molecule has 2 aromatic rings. The van der Waals surface area contributed by atoms with Gasteiger partial charge in [-0.2, -0.15) is 8.42 Å². The van der Waals surface area contributed by atoms with Crippen molar-refractivity contribution < 1.29 is 21.8 Å². The number of amides is 1. The number of carbonyl (C=O) groups excluding carboxylic acids is 1. The fourth-order valence-electron chi connectivity index (χ4n) is 2.52. The molecule has 27 heavy (non-hydrogen) atoms. The second-order valence-corrected chi connectivity index (χ2v) is 8.40. The van der Waals surface area contributed by atoms with E-state index in [9.17, 15) is 17.6 Å². The minimum Gasteiger partial charge on any atom is -0.383 e. The molecule has 0 spiro atoms. The molecular formula is C20H24FNO4S. The van der Waals surface area contributed by atoms with Gasteiger partial charge < -0.3 is 9.08 Å². The van der Waals surface area contributed by atoms with Crippen molar-refractivity contribution >= 4 is 16.0 Å². The topological polar surface area (TPSA) is 63.7 Å². The number of carbonyl (C=O) groups is 1. The average molecular weight is 393 g/mol. The molecule has 0 aliphatic heterocycles. The quantitative estimate of drug-likeness (QED) is 0.639. The molecule has 5 nitrogen and oxygen atoms in total. The second-order valence-electron chi connectivity index (χ2n) is 6.82. The molecule has 1 amide bonds. The van der Waals surface area contributed by atoms with Crippen LogP contribution in [-0.2, 0) is 16.7 Å². The van der Waals surface area contributed by atoms with Gasteiger partial charge in [0, 0.05) is 13.1 Å². The van der Waals surface area contributed by atoms with Crippen molar-refractivity contribution in [2.75, 3.05) is 12.8 Å². The third kappa shape index (κ3) is 6.67. The van der Waals surface area contributed by atoms with Crippen molar-refractivity contribution in [3.05, 3.63) is 65.5 Å². The number of rotatable bonds is 8. The summed E-state index contributed by atoms with van der Waals surface area (Å²) in [6.07, 6.45) is 1.76. The van der Waals surface area contributed by atoms with Crippen molar-refractivity contribution in [1.82, 2.24) is 4.90 Å². The van der Waals surface area contributed by atoms with Crippen LogP contribution in [0.1, 0.15) is 36.2 Å². The number of hydrogen-bond donors (Lipinski definition) is 0. The van der Waals surface area contributed by atoms with Gasteiger partial charge in [-0.15, -0.1) is 0 Å². The molecule has 0 aliphatic carbocycles. The zero-order valence-corrected chi connectivity index (χ0v) is 16.5. The predicted octanol–water partition coefficient (Wildman–Crippen LogP) is 3.85. The predicted molar refractivity (Wildman–Crippen MR) is 103 cm³/mol. The van der Waals surface area contributed by atoms with E-state index in [0.717, 1.165) is 18.2 Å². The van der Waals surface area contributed by atoms with E-state index < -0.39 is 15.9 Å². The standard InChI is InChI=1S/C20H24FNO4S/c1-15(2)12-13-22(20(23)18-6-4-5-7-19(18)21)14-16-8-10-17(11-9-16)26-27(3,24)25/h4-11,15H,12-14H2,1-3H3. The lowest BCUT2D eigenvalue weighted by Crippen LogP contribution is -2.32. The molecule has 0 fully saturated rings. The Balaban J connectivity index is 2.19. The Bertz CT molecular complexity index is 879. The zero-order valence-electron chi connectivity index (χ0n) is 15.7. The molecule has 0 bridgehead atoms. The Morgan fingerprint density at radius 3 is 2.30 bits per heavy atom. The molecule has 0 radical (unpaired) electrons. The van der Waals surface area contributed by atoms with Gasteiger partial charge in [-0.05, 0) is 42.2 Å². The van der Waals surface area contributed by atoms with E-state index in [1.54, 1.807) is 29.2 Å². The Labute approximate surface area is 159 Å². The number of hydrogen-bond acceptors (Lipinski definition) is 4. The van der Waals surface area contributed by atoms with Gasteiger partial charge in [-0.1, -0.05) is 38.1 Å². The van der Waals surface area contributed by atoms with Crippen LogP contribution >= 0.6 is 0 Å². The highest BCUT2D eigenvalue weighted by molar-refractivity contribution is 7.86. The maximum absolute atomic E-state index is 14.0. The van der Waals surface area contributed by atoms with Crippen LogP contribution in [0.15, 0.2) is 48.5 Å². The van der Waals surface area contributed by atoms with Crippen LogP contribution in [-0.4, -0.2) is 32.0 Å². The van der Waals surface area contributed by atoms with Gasteiger partial charge in [-0.3, -0.25) is 4.79 Å². The summed E-state index contributed by atoms with van der Waals surface area (Å²) in [6, 6.07) is 12.4. The molecule has 0 saturated heterocycles. The molecule has 0 atom stereocenters.